The van der Waals surface area contributed by atoms with Gasteiger partial charge in [-0.1, -0.05) is 0 Å². The van der Waals surface area contributed by atoms with E-state index >= 15 is 0 Å². The van der Waals surface area contributed by atoms with Gasteiger partial charge in [0.15, 0.2) is 0 Å². The van der Waals surface area contributed by atoms with Crippen LogP contribution in [0, 0.1) is 0 Å². The van der Waals surface area contributed by atoms with Gasteiger partial charge < -0.3 is 10.7 Å². The molecule has 0 aromatic carbocycles. The van der Waals surface area contributed by atoms with Gasteiger partial charge in [0, 0.05) is 19.4 Å². The van der Waals surface area contributed by atoms with E-state index in [4.69, 9.17) is 5.73 Å². The first-order chi connectivity index (χ1) is 6.77. The molecule has 0 fully saturated rings. The second-order valence-electron chi connectivity index (χ2n) is 2.65. The molecule has 3 N–H and O–H groups in total. The summed E-state index contributed by atoms with van der Waals surface area (Å²) in [6, 6.07) is 0. The molecule has 0 saturated carbocycles. The summed E-state index contributed by atoms with van der Waals surface area (Å²) in [4.78, 5) is 6.68. The van der Waals surface area contributed by atoms with Crippen molar-refractivity contribution in [2.24, 2.45) is 17.3 Å². The number of nitrogen functional groups attached to an aromatic ring is 1. The van der Waals surface area contributed by atoms with Gasteiger partial charge in [-0.25, -0.2) is 4.98 Å². The first-order valence-corrected chi connectivity index (χ1v) is 3.96. The highest BCUT2D eigenvalue weighted by molar-refractivity contribution is 5.55. The second kappa shape index (κ2) is 3.29. The lowest BCUT2D eigenvalue weighted by molar-refractivity contribution is 0.779. The Morgan fingerprint density at radius 3 is 2.93 bits per heavy atom. The number of hydrogen-bond donors (Lipinski definition) is 2. The van der Waals surface area contributed by atoms with Gasteiger partial charge in [0.1, 0.15) is 11.5 Å². The zero-order chi connectivity index (χ0) is 9.97. The molecule has 0 aliphatic heterocycles. The van der Waals surface area contributed by atoms with Crippen LogP contribution in [0.1, 0.15) is 0 Å². The van der Waals surface area contributed by atoms with E-state index in [1.54, 1.807) is 25.6 Å². The third-order valence-corrected chi connectivity index (χ3v) is 1.70. The summed E-state index contributed by atoms with van der Waals surface area (Å²) in [5.74, 6) is 0.911. The van der Waals surface area contributed by atoms with Crippen molar-refractivity contribution >= 4 is 17.5 Å². The van der Waals surface area contributed by atoms with Gasteiger partial charge >= 0.3 is 0 Å². The number of nitrogens with two attached hydrogens (primary N) is 1. The standard InChI is InChI=1S/C7H9N7/c1-14-6(8)5(4-11-14)12-13-7-9-2-3-10-7/h2-4H,8H2,1H3,(H,9,10). The molecule has 0 atom stereocenters. The molecule has 7 heteroatoms. The molecule has 0 amide bonds. The van der Waals surface area contributed by atoms with E-state index in [-0.39, 0.29) is 0 Å². The Morgan fingerprint density at radius 1 is 1.50 bits per heavy atom. The fourth-order valence-corrected chi connectivity index (χ4v) is 0.925. The number of hydrogen-bond acceptors (Lipinski definition) is 5. The summed E-state index contributed by atoms with van der Waals surface area (Å²) in [5, 5.41) is 11.7. The van der Waals surface area contributed by atoms with Crippen LogP contribution in [0.15, 0.2) is 28.8 Å². The maximum atomic E-state index is 5.66. The highest BCUT2D eigenvalue weighted by Crippen LogP contribution is 2.21. The normalized spacial score (nSPS) is 11.2. The minimum atomic E-state index is 0.438. The Bertz CT molecular complexity index is 439. The van der Waals surface area contributed by atoms with Crippen molar-refractivity contribution in [2.75, 3.05) is 5.73 Å². The van der Waals surface area contributed by atoms with Gasteiger partial charge in [0.05, 0.1) is 6.20 Å². The van der Waals surface area contributed by atoms with Crippen LogP contribution in [0.25, 0.3) is 0 Å². The quantitative estimate of drug-likeness (QED) is 0.696. The predicted molar refractivity (Wildman–Crippen MR) is 50.4 cm³/mol. The summed E-state index contributed by atoms with van der Waals surface area (Å²) < 4.78 is 1.52. The van der Waals surface area contributed by atoms with Crippen molar-refractivity contribution < 1.29 is 0 Å². The highest BCUT2D eigenvalue weighted by atomic mass is 15.3. The van der Waals surface area contributed by atoms with Crippen molar-refractivity contribution in [1.82, 2.24) is 19.7 Å². The zero-order valence-electron chi connectivity index (χ0n) is 7.55. The number of aryl methyl sites for hydroxylation is 1. The zero-order valence-corrected chi connectivity index (χ0v) is 7.55. The Morgan fingerprint density at radius 2 is 2.36 bits per heavy atom. The van der Waals surface area contributed by atoms with Gasteiger partial charge in [-0.2, -0.15) is 5.10 Å². The van der Waals surface area contributed by atoms with E-state index < -0.39 is 0 Å². The monoisotopic (exact) mass is 191 g/mol. The van der Waals surface area contributed by atoms with Crippen molar-refractivity contribution in [1.29, 1.82) is 0 Å². The number of anilines is 1. The van der Waals surface area contributed by atoms with E-state index in [1.807, 2.05) is 0 Å². The minimum Gasteiger partial charge on any atom is -0.382 e. The van der Waals surface area contributed by atoms with Crippen LogP contribution in [0.2, 0.25) is 0 Å². The van der Waals surface area contributed by atoms with Crippen LogP contribution in [0.3, 0.4) is 0 Å². The molecule has 0 bridgehead atoms. The van der Waals surface area contributed by atoms with Gasteiger partial charge in [-0.05, 0) is 0 Å². The van der Waals surface area contributed by atoms with E-state index in [2.05, 4.69) is 25.3 Å². The fourth-order valence-electron chi connectivity index (χ4n) is 0.925. The van der Waals surface area contributed by atoms with E-state index in [0.29, 0.717) is 17.5 Å². The third-order valence-electron chi connectivity index (χ3n) is 1.70. The number of azo groups is 1. The Hall–Kier alpha value is -2.18. The SMILES string of the molecule is Cn1ncc(N=Nc2ncc[nH]2)c1N. The molecule has 0 saturated heterocycles. The van der Waals surface area contributed by atoms with Crippen molar-refractivity contribution in [3.05, 3.63) is 18.6 Å². The predicted octanol–water partition coefficient (Wildman–Crippen LogP) is 1.14. The number of aromatic nitrogens is 4. The van der Waals surface area contributed by atoms with E-state index in [0.717, 1.165) is 0 Å². The number of imidazole rings is 1. The molecule has 2 rings (SSSR count). The van der Waals surface area contributed by atoms with E-state index in [1.165, 1.54) is 4.68 Å². The summed E-state index contributed by atoms with van der Waals surface area (Å²) in [6.45, 7) is 0. The summed E-state index contributed by atoms with van der Waals surface area (Å²) in [7, 11) is 1.74. The Kier molecular flexibility index (Phi) is 1.98. The van der Waals surface area contributed by atoms with Gasteiger partial charge in [0.25, 0.3) is 0 Å². The Labute approximate surface area is 79.7 Å². The molecule has 72 valence electrons. The van der Waals surface area contributed by atoms with Gasteiger partial charge in [-0.15, -0.1) is 10.2 Å². The molecule has 0 aliphatic carbocycles. The number of rotatable bonds is 2. The lowest BCUT2D eigenvalue weighted by Crippen LogP contribution is -1.96. The van der Waals surface area contributed by atoms with Gasteiger partial charge in [0.2, 0.25) is 5.95 Å². The molecule has 0 aliphatic rings. The van der Waals surface area contributed by atoms with Gasteiger partial charge in [-0.3, -0.25) is 4.68 Å². The molecule has 14 heavy (non-hydrogen) atoms. The number of nitrogens with one attached hydrogen (secondary N) is 1. The topological polar surface area (TPSA) is 97.2 Å². The molecular formula is C7H9N7. The van der Waals surface area contributed by atoms with Crippen LogP contribution in [-0.2, 0) is 7.05 Å². The number of nitrogens with zero attached hydrogens (tertiary/aromatic N) is 5. The summed E-state index contributed by atoms with van der Waals surface area (Å²) in [6.07, 6.45) is 4.81. The first kappa shape index (κ1) is 8.42. The lowest BCUT2D eigenvalue weighted by Gasteiger charge is -1.91. The molecular weight excluding hydrogens is 182 g/mol. The average Bonchev–Trinajstić information content (AvgIpc) is 2.77. The number of aromatic amines is 1. The van der Waals surface area contributed by atoms with Crippen LogP contribution in [0.4, 0.5) is 17.5 Å². The summed E-state index contributed by atoms with van der Waals surface area (Å²) >= 11 is 0. The van der Waals surface area contributed by atoms with Crippen molar-refractivity contribution in [3.8, 4) is 0 Å². The van der Waals surface area contributed by atoms with Crippen molar-refractivity contribution in [3.63, 3.8) is 0 Å². The Balaban J connectivity index is 2.23. The highest BCUT2D eigenvalue weighted by Gasteiger charge is 2.02. The van der Waals surface area contributed by atoms with E-state index in [9.17, 15) is 0 Å². The molecule has 0 radical (unpaired) electrons. The van der Waals surface area contributed by atoms with Crippen LogP contribution < -0.4 is 5.73 Å². The fraction of sp³-hybridized carbons (Fsp3) is 0.143. The number of H-pyrrole nitrogens is 1. The molecule has 0 spiro atoms. The lowest BCUT2D eigenvalue weighted by atomic mass is 10.5. The smallest absolute Gasteiger partial charge is 0.246 e. The molecule has 2 heterocycles. The maximum Gasteiger partial charge on any atom is 0.246 e. The molecule has 7 nitrogen and oxygen atoms in total. The van der Waals surface area contributed by atoms with Crippen LogP contribution >= 0.6 is 0 Å². The summed E-state index contributed by atoms with van der Waals surface area (Å²) in [5.41, 5.74) is 6.19. The third kappa shape index (κ3) is 1.47. The molecule has 2 aromatic rings. The first-order valence-electron chi connectivity index (χ1n) is 3.96. The average molecular weight is 191 g/mol. The van der Waals surface area contributed by atoms with Crippen LogP contribution in [-0.4, -0.2) is 19.7 Å². The molecule has 0 unspecified atom stereocenters. The maximum absolute atomic E-state index is 5.66. The minimum absolute atomic E-state index is 0.438. The molecule has 2 aromatic heterocycles. The largest absolute Gasteiger partial charge is 0.382 e. The second-order valence-corrected chi connectivity index (χ2v) is 2.65. The van der Waals surface area contributed by atoms with Crippen LogP contribution in [0.5, 0.6) is 0 Å². The van der Waals surface area contributed by atoms with Crippen molar-refractivity contribution in [2.45, 2.75) is 0 Å².